The Balaban J connectivity index is 0.00000338. The average Bonchev–Trinajstić information content (AvgIpc) is 3.04. The second-order valence-electron chi connectivity index (χ2n) is 8.24. The molecule has 0 saturated carbocycles. The quantitative estimate of drug-likeness (QED) is 0.387. The molecule has 1 unspecified atom stereocenters. The molecule has 150 valence electrons. The van der Waals surface area contributed by atoms with Gasteiger partial charge in [0.2, 0.25) is 5.89 Å². The van der Waals surface area contributed by atoms with Crippen molar-refractivity contribution in [3.05, 3.63) is 17.8 Å². The molecule has 6 nitrogen and oxygen atoms in total. The molecule has 2 heterocycles. The summed E-state index contributed by atoms with van der Waals surface area (Å²) in [6.07, 6.45) is 4.42. The first-order valence-corrected chi connectivity index (χ1v) is 9.43. The van der Waals surface area contributed by atoms with Crippen molar-refractivity contribution in [1.82, 2.24) is 20.5 Å². The molecule has 0 amide bonds. The lowest BCUT2D eigenvalue weighted by molar-refractivity contribution is 0.147. The molecule has 26 heavy (non-hydrogen) atoms. The van der Waals surface area contributed by atoms with E-state index < -0.39 is 0 Å². The number of hydrogen-bond acceptors (Lipinski definition) is 4. The zero-order chi connectivity index (χ0) is 18.4. The smallest absolute Gasteiger partial charge is 0.213 e. The number of piperidine rings is 1. The van der Waals surface area contributed by atoms with Gasteiger partial charge in [-0.25, -0.2) is 4.98 Å². The zero-order valence-corrected chi connectivity index (χ0v) is 19.5. The van der Waals surface area contributed by atoms with Gasteiger partial charge in [0.25, 0.3) is 0 Å². The summed E-state index contributed by atoms with van der Waals surface area (Å²) in [6.45, 7) is 14.8. The molecule has 1 aromatic rings. The van der Waals surface area contributed by atoms with Gasteiger partial charge in [0, 0.05) is 25.0 Å². The number of halogens is 1. The maximum atomic E-state index is 5.81. The Bertz CT molecular complexity index is 559. The average molecular weight is 477 g/mol. The first-order valence-electron chi connectivity index (χ1n) is 9.43. The standard InChI is InChI=1S/C19H35N5O.HI/c1-14-7-9-24(10-8-14)15(2)11-22-18(20-6)23-13-17-21-12-16(25-17)19(3,4)5;/h12,14-15H,7-11,13H2,1-6H3,(H2,20,22,23);1H. The van der Waals surface area contributed by atoms with Crippen molar-refractivity contribution in [2.45, 2.75) is 65.5 Å². The Morgan fingerprint density at radius 3 is 2.54 bits per heavy atom. The van der Waals surface area contributed by atoms with Gasteiger partial charge in [0.05, 0.1) is 12.7 Å². The molecule has 2 N–H and O–H groups in total. The molecule has 1 saturated heterocycles. The van der Waals surface area contributed by atoms with Crippen LogP contribution in [0.5, 0.6) is 0 Å². The molecular formula is C19H36IN5O. The number of aliphatic imine (C=N–C) groups is 1. The lowest BCUT2D eigenvalue weighted by atomic mass is 9.94. The first-order chi connectivity index (χ1) is 11.8. The summed E-state index contributed by atoms with van der Waals surface area (Å²) in [5.41, 5.74) is -0.0213. The molecule has 1 aromatic heterocycles. The predicted octanol–water partition coefficient (Wildman–Crippen LogP) is 3.38. The van der Waals surface area contributed by atoms with Crippen molar-refractivity contribution in [2.24, 2.45) is 10.9 Å². The summed E-state index contributed by atoms with van der Waals surface area (Å²) in [6, 6.07) is 0.500. The van der Waals surface area contributed by atoms with Crippen LogP contribution in [0.2, 0.25) is 0 Å². The normalized spacial score (nSPS) is 18.3. The highest BCUT2D eigenvalue weighted by Crippen LogP contribution is 2.22. The minimum absolute atomic E-state index is 0. The highest BCUT2D eigenvalue weighted by Gasteiger charge is 2.21. The number of aromatic nitrogens is 1. The number of likely N-dealkylation sites (tertiary alicyclic amines) is 1. The number of oxazole rings is 1. The highest BCUT2D eigenvalue weighted by molar-refractivity contribution is 14.0. The van der Waals surface area contributed by atoms with Crippen LogP contribution in [0, 0.1) is 5.92 Å². The van der Waals surface area contributed by atoms with E-state index in [1.807, 2.05) is 6.20 Å². The molecule has 0 radical (unpaired) electrons. The van der Waals surface area contributed by atoms with Gasteiger partial charge in [-0.15, -0.1) is 24.0 Å². The van der Waals surface area contributed by atoms with Crippen LogP contribution >= 0.6 is 24.0 Å². The summed E-state index contributed by atoms with van der Waals surface area (Å²) < 4.78 is 5.81. The number of guanidine groups is 1. The number of rotatable bonds is 5. The second kappa shape index (κ2) is 10.5. The minimum Gasteiger partial charge on any atom is -0.443 e. The maximum Gasteiger partial charge on any atom is 0.213 e. The Kier molecular flexibility index (Phi) is 9.36. The molecule has 2 rings (SSSR count). The van der Waals surface area contributed by atoms with Gasteiger partial charge in [-0.3, -0.25) is 9.89 Å². The van der Waals surface area contributed by atoms with E-state index in [-0.39, 0.29) is 29.4 Å². The van der Waals surface area contributed by atoms with Crippen molar-refractivity contribution in [1.29, 1.82) is 0 Å². The minimum atomic E-state index is -0.0213. The molecule has 1 atom stereocenters. The van der Waals surface area contributed by atoms with Gasteiger partial charge in [0.1, 0.15) is 5.76 Å². The summed E-state index contributed by atoms with van der Waals surface area (Å²) in [4.78, 5) is 11.2. The van der Waals surface area contributed by atoms with Crippen molar-refractivity contribution in [3.63, 3.8) is 0 Å². The van der Waals surface area contributed by atoms with E-state index in [4.69, 9.17) is 4.42 Å². The van der Waals surface area contributed by atoms with Crippen molar-refractivity contribution in [2.75, 3.05) is 26.7 Å². The SMILES string of the molecule is CN=C(NCc1ncc(C(C)(C)C)o1)NCC(C)N1CCC(C)CC1.I. The van der Waals surface area contributed by atoms with Crippen LogP contribution in [0.15, 0.2) is 15.6 Å². The lowest BCUT2D eigenvalue weighted by Crippen LogP contribution is -2.48. The Morgan fingerprint density at radius 2 is 2.00 bits per heavy atom. The molecule has 7 heteroatoms. The fraction of sp³-hybridized carbons (Fsp3) is 0.789. The number of hydrogen-bond donors (Lipinski definition) is 2. The fourth-order valence-corrected chi connectivity index (χ4v) is 2.96. The topological polar surface area (TPSA) is 65.7 Å². The summed E-state index contributed by atoms with van der Waals surface area (Å²) in [7, 11) is 1.79. The van der Waals surface area contributed by atoms with E-state index in [0.29, 0.717) is 18.5 Å². The third kappa shape index (κ3) is 7.06. The summed E-state index contributed by atoms with van der Waals surface area (Å²) in [5, 5.41) is 6.69. The molecular weight excluding hydrogens is 441 g/mol. The summed E-state index contributed by atoms with van der Waals surface area (Å²) in [5.74, 6) is 3.24. The Labute approximate surface area is 175 Å². The van der Waals surface area contributed by atoms with Crippen molar-refractivity contribution < 1.29 is 4.42 Å². The molecule has 1 aliphatic rings. The van der Waals surface area contributed by atoms with Crippen LogP contribution in [0.4, 0.5) is 0 Å². The first kappa shape index (κ1) is 23.2. The van der Waals surface area contributed by atoms with Gasteiger partial charge in [-0.2, -0.15) is 0 Å². The Hall–Kier alpha value is -0.830. The van der Waals surface area contributed by atoms with E-state index in [1.165, 1.54) is 25.9 Å². The lowest BCUT2D eigenvalue weighted by Gasteiger charge is -2.35. The van der Waals surface area contributed by atoms with Gasteiger partial charge in [-0.1, -0.05) is 27.7 Å². The van der Waals surface area contributed by atoms with Gasteiger partial charge in [0.15, 0.2) is 5.96 Å². The number of nitrogens with zero attached hydrogens (tertiary/aromatic N) is 3. The molecule has 1 fully saturated rings. The van der Waals surface area contributed by atoms with Gasteiger partial charge >= 0.3 is 0 Å². The van der Waals surface area contributed by atoms with E-state index in [2.05, 4.69) is 60.1 Å². The summed E-state index contributed by atoms with van der Waals surface area (Å²) >= 11 is 0. The van der Waals surface area contributed by atoms with E-state index in [9.17, 15) is 0 Å². The maximum absolute atomic E-state index is 5.81. The fourth-order valence-electron chi connectivity index (χ4n) is 2.96. The van der Waals surface area contributed by atoms with E-state index in [0.717, 1.165) is 24.2 Å². The van der Waals surface area contributed by atoms with Crippen LogP contribution in [-0.2, 0) is 12.0 Å². The van der Waals surface area contributed by atoms with Crippen LogP contribution in [0.3, 0.4) is 0 Å². The van der Waals surface area contributed by atoms with Crippen LogP contribution in [-0.4, -0.2) is 48.6 Å². The van der Waals surface area contributed by atoms with Crippen LogP contribution in [0.25, 0.3) is 0 Å². The van der Waals surface area contributed by atoms with Crippen LogP contribution in [0.1, 0.15) is 59.1 Å². The molecule has 0 spiro atoms. The van der Waals surface area contributed by atoms with E-state index in [1.54, 1.807) is 7.05 Å². The van der Waals surface area contributed by atoms with Gasteiger partial charge in [-0.05, 0) is 38.8 Å². The van der Waals surface area contributed by atoms with Crippen molar-refractivity contribution in [3.8, 4) is 0 Å². The highest BCUT2D eigenvalue weighted by atomic mass is 127. The zero-order valence-electron chi connectivity index (χ0n) is 17.1. The predicted molar refractivity (Wildman–Crippen MR) is 118 cm³/mol. The van der Waals surface area contributed by atoms with Crippen molar-refractivity contribution >= 4 is 29.9 Å². The Morgan fingerprint density at radius 1 is 1.35 bits per heavy atom. The molecule has 0 aliphatic carbocycles. The third-order valence-electron chi connectivity index (χ3n) is 4.93. The second-order valence-corrected chi connectivity index (χ2v) is 8.24. The third-order valence-corrected chi connectivity index (χ3v) is 4.93. The largest absolute Gasteiger partial charge is 0.443 e. The van der Waals surface area contributed by atoms with Crippen LogP contribution < -0.4 is 10.6 Å². The van der Waals surface area contributed by atoms with E-state index >= 15 is 0 Å². The van der Waals surface area contributed by atoms with Gasteiger partial charge < -0.3 is 15.1 Å². The monoisotopic (exact) mass is 477 g/mol. The molecule has 0 bridgehead atoms. The molecule has 1 aliphatic heterocycles. The number of nitrogens with one attached hydrogen (secondary N) is 2. The molecule has 0 aromatic carbocycles.